The second kappa shape index (κ2) is 6.80. The van der Waals surface area contributed by atoms with E-state index in [-0.39, 0.29) is 30.5 Å². The highest BCUT2D eigenvalue weighted by Crippen LogP contribution is 2.27. The molecular formula is C7H14N2O3P2S2. The van der Waals surface area contributed by atoms with Crippen LogP contribution in [0.25, 0.3) is 0 Å². The monoisotopic (exact) mass is 300 g/mol. The molecule has 1 rings (SSSR count). The molecule has 0 aromatic rings. The molecule has 0 radical (unpaired) electrons. The molecule has 0 aliphatic carbocycles. The van der Waals surface area contributed by atoms with Crippen LogP contribution < -0.4 is 0 Å². The summed E-state index contributed by atoms with van der Waals surface area (Å²) in [5, 5.41) is 0.0239. The molecule has 1 heterocycles. The third kappa shape index (κ3) is 3.33. The zero-order valence-corrected chi connectivity index (χ0v) is 12.8. The minimum atomic E-state index is -0.531. The number of thioether (sulfide) groups is 1. The number of hydrogen-bond donors (Lipinski definition) is 0. The van der Waals surface area contributed by atoms with E-state index in [1.54, 1.807) is 6.26 Å². The summed E-state index contributed by atoms with van der Waals surface area (Å²) in [6.45, 7) is 0. The highest BCUT2D eigenvalue weighted by atomic mass is 32.2. The molecule has 3 unspecified atom stereocenters. The van der Waals surface area contributed by atoms with E-state index >= 15 is 0 Å². The van der Waals surface area contributed by atoms with Gasteiger partial charge in [0.15, 0.2) is 5.12 Å². The first-order chi connectivity index (χ1) is 6.99. The van der Waals surface area contributed by atoms with Crippen LogP contribution in [0.4, 0.5) is 4.79 Å². The van der Waals surface area contributed by atoms with E-state index in [2.05, 4.69) is 18.8 Å². The molecule has 0 bridgehead atoms. The first-order valence-corrected chi connectivity index (χ1v) is 6.48. The van der Waals surface area contributed by atoms with Crippen molar-refractivity contribution in [3.8, 4) is 0 Å². The minimum Gasteiger partial charge on any atom is -0.296 e. The van der Waals surface area contributed by atoms with Crippen LogP contribution in [0.15, 0.2) is 0 Å². The molecule has 0 spiro atoms. The van der Waals surface area contributed by atoms with Gasteiger partial charge in [0.05, 0.1) is 0 Å². The van der Waals surface area contributed by atoms with E-state index in [1.165, 1.54) is 4.67 Å². The zero-order chi connectivity index (χ0) is 11.6. The van der Waals surface area contributed by atoms with E-state index in [9.17, 15) is 14.4 Å². The molecule has 3 amide bonds. The van der Waals surface area contributed by atoms with Crippen LogP contribution in [-0.4, -0.2) is 38.7 Å². The Morgan fingerprint density at radius 3 is 2.38 bits per heavy atom. The zero-order valence-electron chi connectivity index (χ0n) is 8.67. The predicted octanol–water partition coefficient (Wildman–Crippen LogP) is 0.982. The summed E-state index contributed by atoms with van der Waals surface area (Å²) in [6, 6.07) is -0.910. The molecular weight excluding hydrogens is 286 g/mol. The maximum atomic E-state index is 11.5. The van der Waals surface area contributed by atoms with Crippen molar-refractivity contribution in [2.45, 2.75) is 18.9 Å². The normalized spacial score (nSPS) is 20.1. The summed E-state index contributed by atoms with van der Waals surface area (Å²) in [5.41, 5.74) is 0. The van der Waals surface area contributed by atoms with Gasteiger partial charge < -0.3 is 0 Å². The Labute approximate surface area is 110 Å². The SMILES string of the molecule is CSC(=O)CCC1C(=O)N(P)C(=O)N1P.S. The lowest BCUT2D eigenvalue weighted by Crippen LogP contribution is -2.27. The van der Waals surface area contributed by atoms with E-state index in [4.69, 9.17) is 0 Å². The summed E-state index contributed by atoms with van der Waals surface area (Å²) < 4.78 is 2.27. The molecule has 0 saturated carbocycles. The number of imide groups is 1. The Morgan fingerprint density at radius 1 is 1.44 bits per heavy atom. The van der Waals surface area contributed by atoms with Gasteiger partial charge in [-0.2, -0.15) is 13.5 Å². The summed E-state index contributed by atoms with van der Waals surface area (Å²) in [4.78, 5) is 33.9. The van der Waals surface area contributed by atoms with Crippen molar-refractivity contribution in [3.05, 3.63) is 0 Å². The molecule has 1 saturated heterocycles. The Hall–Kier alpha value is 0.170. The van der Waals surface area contributed by atoms with E-state index in [1.807, 2.05) is 0 Å². The van der Waals surface area contributed by atoms with E-state index in [0.29, 0.717) is 12.8 Å². The van der Waals surface area contributed by atoms with Crippen molar-refractivity contribution in [3.63, 3.8) is 0 Å². The summed E-state index contributed by atoms with van der Waals surface area (Å²) in [7, 11) is 4.28. The van der Waals surface area contributed by atoms with Gasteiger partial charge in [-0.3, -0.25) is 14.3 Å². The molecule has 1 fully saturated rings. The number of rotatable bonds is 3. The van der Waals surface area contributed by atoms with Gasteiger partial charge in [0, 0.05) is 6.42 Å². The second-order valence-corrected chi connectivity index (χ2v) is 4.97. The van der Waals surface area contributed by atoms with Crippen molar-refractivity contribution < 1.29 is 14.4 Å². The first-order valence-electron chi connectivity index (χ1n) is 4.22. The van der Waals surface area contributed by atoms with Gasteiger partial charge in [0.25, 0.3) is 5.91 Å². The van der Waals surface area contributed by atoms with E-state index < -0.39 is 6.04 Å². The number of urea groups is 1. The standard InChI is InChI=1S/C7H12N2O3P2S.H2S/c1-15-5(10)3-2-4-6(11)9(14)7(12)8(4)13;/h4H,2-3,13-14H2,1H3;1H2. The maximum Gasteiger partial charge on any atom is 0.333 e. The van der Waals surface area contributed by atoms with Crippen LogP contribution in [0.5, 0.6) is 0 Å². The summed E-state index contributed by atoms with van der Waals surface area (Å²) in [6.07, 6.45) is 2.37. The first kappa shape index (κ1) is 16.2. The van der Waals surface area contributed by atoms with Crippen LogP contribution in [0.3, 0.4) is 0 Å². The quantitative estimate of drug-likeness (QED) is 0.576. The van der Waals surface area contributed by atoms with Crippen molar-refractivity contribution in [2.24, 2.45) is 0 Å². The van der Waals surface area contributed by atoms with Gasteiger partial charge in [-0.05, 0) is 31.5 Å². The fourth-order valence-corrected chi connectivity index (χ4v) is 2.41. The third-order valence-electron chi connectivity index (χ3n) is 2.13. The van der Waals surface area contributed by atoms with Gasteiger partial charge in [-0.25, -0.2) is 9.46 Å². The molecule has 1 aliphatic heterocycles. The van der Waals surface area contributed by atoms with Gasteiger partial charge in [0.2, 0.25) is 0 Å². The van der Waals surface area contributed by atoms with Gasteiger partial charge in [-0.15, -0.1) is 0 Å². The fraction of sp³-hybridized carbons (Fsp3) is 0.571. The van der Waals surface area contributed by atoms with E-state index in [0.717, 1.165) is 16.4 Å². The molecule has 16 heavy (non-hydrogen) atoms. The average molecular weight is 300 g/mol. The van der Waals surface area contributed by atoms with Crippen molar-refractivity contribution in [1.82, 2.24) is 9.34 Å². The largest absolute Gasteiger partial charge is 0.333 e. The lowest BCUT2D eigenvalue weighted by Gasteiger charge is -2.14. The Kier molecular flexibility index (Phi) is 6.87. The third-order valence-corrected chi connectivity index (χ3v) is 3.85. The number of carbonyl (C=O) groups excluding carboxylic acids is 3. The Morgan fingerprint density at radius 2 is 2.00 bits per heavy atom. The van der Waals surface area contributed by atoms with Gasteiger partial charge in [0.1, 0.15) is 6.04 Å². The second-order valence-electron chi connectivity index (χ2n) is 3.03. The summed E-state index contributed by atoms with van der Waals surface area (Å²) >= 11 is 1.13. The van der Waals surface area contributed by atoms with Gasteiger partial charge >= 0.3 is 6.03 Å². The fourth-order valence-electron chi connectivity index (χ4n) is 1.25. The van der Waals surface area contributed by atoms with Crippen LogP contribution in [0.2, 0.25) is 0 Å². The van der Waals surface area contributed by atoms with Gasteiger partial charge in [-0.1, -0.05) is 11.8 Å². The average Bonchev–Trinajstić information content (AvgIpc) is 2.41. The smallest absolute Gasteiger partial charge is 0.296 e. The lowest BCUT2D eigenvalue weighted by atomic mass is 10.2. The van der Waals surface area contributed by atoms with Crippen molar-refractivity contribution >= 4 is 61.1 Å². The summed E-state index contributed by atoms with van der Waals surface area (Å²) in [5.74, 6) is -0.283. The number of hydrogen-bond acceptors (Lipinski definition) is 4. The molecule has 5 nitrogen and oxygen atoms in total. The number of nitrogens with zero attached hydrogens (tertiary/aromatic N) is 2. The van der Waals surface area contributed by atoms with Crippen LogP contribution in [-0.2, 0) is 9.59 Å². The topological polar surface area (TPSA) is 57.7 Å². The molecule has 9 heteroatoms. The molecule has 0 aromatic carbocycles. The highest BCUT2D eigenvalue weighted by Gasteiger charge is 2.40. The lowest BCUT2D eigenvalue weighted by molar-refractivity contribution is -0.124. The molecule has 3 atom stereocenters. The predicted molar refractivity (Wildman–Crippen MR) is 75.4 cm³/mol. The van der Waals surface area contributed by atoms with Crippen molar-refractivity contribution in [2.75, 3.05) is 6.26 Å². The Bertz CT molecular complexity index is 316. The number of carbonyl (C=O) groups is 3. The maximum absolute atomic E-state index is 11.5. The van der Waals surface area contributed by atoms with Crippen LogP contribution in [0.1, 0.15) is 12.8 Å². The number of amides is 3. The minimum absolute atomic E-state index is 0. The Balaban J connectivity index is 0.00000225. The van der Waals surface area contributed by atoms with Crippen LogP contribution >= 0.6 is 44.0 Å². The molecule has 92 valence electrons. The highest BCUT2D eigenvalue weighted by molar-refractivity contribution is 8.13. The molecule has 0 N–H and O–H groups in total. The molecule has 1 aliphatic rings. The van der Waals surface area contributed by atoms with Crippen molar-refractivity contribution in [1.29, 1.82) is 0 Å². The van der Waals surface area contributed by atoms with Crippen LogP contribution in [0, 0.1) is 0 Å². The molecule has 0 aromatic heterocycles.